The molecule has 3 aromatic rings. The van der Waals surface area contributed by atoms with Crippen LogP contribution in [0.2, 0.25) is 0 Å². The Kier molecular flexibility index (Phi) is 7.77. The van der Waals surface area contributed by atoms with Crippen LogP contribution >= 0.6 is 12.2 Å². The van der Waals surface area contributed by atoms with Gasteiger partial charge in [0, 0.05) is 12.8 Å². The van der Waals surface area contributed by atoms with Crippen molar-refractivity contribution in [3.63, 3.8) is 0 Å². The van der Waals surface area contributed by atoms with Crippen LogP contribution in [0.3, 0.4) is 0 Å². The van der Waals surface area contributed by atoms with E-state index in [9.17, 15) is 4.79 Å². The summed E-state index contributed by atoms with van der Waals surface area (Å²) in [6.07, 6.45) is 0. The summed E-state index contributed by atoms with van der Waals surface area (Å²) in [5.74, 6) is 1.57. The van der Waals surface area contributed by atoms with Crippen LogP contribution in [0.5, 0.6) is 17.2 Å². The van der Waals surface area contributed by atoms with E-state index in [0.717, 1.165) is 11.4 Å². The molecular formula is C23H22N2O4S. The zero-order chi connectivity index (χ0) is 21.2. The zero-order valence-electron chi connectivity index (χ0n) is 16.5. The van der Waals surface area contributed by atoms with Crippen molar-refractivity contribution in [3.05, 3.63) is 84.4 Å². The highest BCUT2D eigenvalue weighted by Gasteiger charge is 2.13. The Morgan fingerprint density at radius 2 is 1.53 bits per heavy atom. The molecule has 3 rings (SSSR count). The molecule has 0 aromatic heterocycles. The van der Waals surface area contributed by atoms with Gasteiger partial charge in [0.05, 0.1) is 12.2 Å². The molecule has 2 N–H and O–H groups in total. The van der Waals surface area contributed by atoms with E-state index < -0.39 is 0 Å². The van der Waals surface area contributed by atoms with Crippen molar-refractivity contribution < 1.29 is 19.0 Å². The summed E-state index contributed by atoms with van der Waals surface area (Å²) >= 11 is 5.26. The van der Waals surface area contributed by atoms with E-state index >= 15 is 0 Å². The van der Waals surface area contributed by atoms with Gasteiger partial charge in [-0.05, 0) is 60.7 Å². The lowest BCUT2D eigenvalue weighted by molar-refractivity contribution is 0.0970. The quantitative estimate of drug-likeness (QED) is 0.407. The molecule has 0 spiro atoms. The van der Waals surface area contributed by atoms with Gasteiger partial charge in [0.1, 0.15) is 23.9 Å². The fraction of sp³-hybridized carbons (Fsp3) is 0.130. The number of amides is 1. The molecule has 0 aliphatic rings. The highest BCUT2D eigenvalue weighted by atomic mass is 32.1. The Morgan fingerprint density at radius 1 is 0.867 bits per heavy atom. The molecule has 154 valence electrons. The molecule has 0 saturated carbocycles. The maximum atomic E-state index is 12.6. The molecule has 0 atom stereocenters. The second-order valence-electron chi connectivity index (χ2n) is 6.19. The van der Waals surface area contributed by atoms with Gasteiger partial charge in [-0.25, -0.2) is 0 Å². The molecule has 0 fully saturated rings. The Balaban J connectivity index is 1.56. The van der Waals surface area contributed by atoms with Crippen molar-refractivity contribution in [1.82, 2.24) is 5.32 Å². The third-order valence-corrected chi connectivity index (χ3v) is 4.20. The third-order valence-electron chi connectivity index (χ3n) is 3.99. The molecular weight excluding hydrogens is 400 g/mol. The summed E-state index contributed by atoms with van der Waals surface area (Å²) in [5.41, 5.74) is 1.12. The molecule has 6 nitrogen and oxygen atoms in total. The Bertz CT molecular complexity index is 978. The number of thiocarbonyl (C=S) groups is 1. The van der Waals surface area contributed by atoms with Crippen molar-refractivity contribution in [1.29, 1.82) is 0 Å². The second kappa shape index (κ2) is 10.9. The summed E-state index contributed by atoms with van der Waals surface area (Å²) < 4.78 is 16.3. The average molecular weight is 423 g/mol. The number of nitrogens with one attached hydrogen (secondary N) is 2. The first-order valence-corrected chi connectivity index (χ1v) is 9.72. The lowest BCUT2D eigenvalue weighted by Crippen LogP contribution is -2.34. The van der Waals surface area contributed by atoms with Gasteiger partial charge >= 0.3 is 0 Å². The minimum atomic E-state index is -0.357. The summed E-state index contributed by atoms with van der Waals surface area (Å²) in [5, 5.41) is 5.84. The maximum Gasteiger partial charge on any atom is 0.261 e. The fourth-order valence-electron chi connectivity index (χ4n) is 2.58. The predicted molar refractivity (Wildman–Crippen MR) is 120 cm³/mol. The normalized spacial score (nSPS) is 10.2. The Morgan fingerprint density at radius 3 is 2.27 bits per heavy atom. The molecule has 0 heterocycles. The first-order chi connectivity index (χ1) is 14.7. The van der Waals surface area contributed by atoms with Gasteiger partial charge in [0.15, 0.2) is 5.11 Å². The third kappa shape index (κ3) is 6.30. The number of ether oxygens (including phenoxy) is 3. The standard InChI is InChI=1S/C23H22N2O4S/c1-27-15-16-28-21-10-6-5-9-20(21)22(26)25-23(30)24-17-11-13-19(14-12-17)29-18-7-3-2-4-8-18/h2-14H,15-16H2,1H3,(H2,24,25,26,30). The second-order valence-corrected chi connectivity index (χ2v) is 6.59. The molecule has 30 heavy (non-hydrogen) atoms. The zero-order valence-corrected chi connectivity index (χ0v) is 17.3. The summed E-state index contributed by atoms with van der Waals surface area (Å²) in [6, 6.07) is 23.8. The molecule has 0 bridgehead atoms. The molecule has 7 heteroatoms. The Labute approximate surface area is 180 Å². The first-order valence-electron chi connectivity index (χ1n) is 9.32. The molecule has 0 saturated heterocycles. The topological polar surface area (TPSA) is 68.8 Å². The van der Waals surface area contributed by atoms with Gasteiger partial charge in [-0.1, -0.05) is 30.3 Å². The van der Waals surface area contributed by atoms with Gasteiger partial charge in [0.2, 0.25) is 0 Å². The van der Waals surface area contributed by atoms with Crippen molar-refractivity contribution in [2.45, 2.75) is 0 Å². The number of hydrogen-bond acceptors (Lipinski definition) is 5. The molecule has 0 unspecified atom stereocenters. The SMILES string of the molecule is COCCOc1ccccc1C(=O)NC(=S)Nc1ccc(Oc2ccccc2)cc1. The van der Waals surface area contributed by atoms with Crippen molar-refractivity contribution >= 4 is 28.9 Å². The van der Waals surface area contributed by atoms with Crippen LogP contribution in [0.15, 0.2) is 78.9 Å². The van der Waals surface area contributed by atoms with Gasteiger partial charge in [0.25, 0.3) is 5.91 Å². The fourth-order valence-corrected chi connectivity index (χ4v) is 2.79. The van der Waals surface area contributed by atoms with Crippen molar-refractivity contribution in [2.75, 3.05) is 25.6 Å². The van der Waals surface area contributed by atoms with Crippen LogP contribution in [0.4, 0.5) is 5.69 Å². The summed E-state index contributed by atoms with van der Waals surface area (Å²) in [6.45, 7) is 0.779. The van der Waals surface area contributed by atoms with Crippen LogP contribution in [0.1, 0.15) is 10.4 Å². The smallest absolute Gasteiger partial charge is 0.261 e. The highest BCUT2D eigenvalue weighted by molar-refractivity contribution is 7.80. The number of anilines is 1. The minimum absolute atomic E-state index is 0.184. The van der Waals surface area contributed by atoms with Gasteiger partial charge in [-0.15, -0.1) is 0 Å². The van der Waals surface area contributed by atoms with E-state index in [4.69, 9.17) is 26.4 Å². The number of benzene rings is 3. The molecule has 3 aromatic carbocycles. The number of hydrogen-bond donors (Lipinski definition) is 2. The van der Waals surface area contributed by atoms with E-state index in [-0.39, 0.29) is 11.0 Å². The lowest BCUT2D eigenvalue weighted by Gasteiger charge is -2.13. The number of para-hydroxylation sites is 2. The monoisotopic (exact) mass is 422 g/mol. The molecule has 0 radical (unpaired) electrons. The van der Waals surface area contributed by atoms with Gasteiger partial charge in [-0.2, -0.15) is 0 Å². The Hall–Kier alpha value is -3.42. The number of rotatable bonds is 8. The average Bonchev–Trinajstić information content (AvgIpc) is 2.76. The van der Waals surface area contributed by atoms with Crippen LogP contribution < -0.4 is 20.1 Å². The highest BCUT2D eigenvalue weighted by Crippen LogP contribution is 2.23. The van der Waals surface area contributed by atoms with Crippen LogP contribution in [0.25, 0.3) is 0 Å². The lowest BCUT2D eigenvalue weighted by atomic mass is 10.2. The van der Waals surface area contributed by atoms with E-state index in [1.54, 1.807) is 31.4 Å². The van der Waals surface area contributed by atoms with Crippen LogP contribution in [0, 0.1) is 0 Å². The molecule has 1 amide bonds. The van der Waals surface area contributed by atoms with E-state index in [1.807, 2.05) is 54.6 Å². The van der Waals surface area contributed by atoms with E-state index in [0.29, 0.717) is 30.3 Å². The number of carbonyl (C=O) groups excluding carboxylic acids is 1. The maximum absolute atomic E-state index is 12.6. The van der Waals surface area contributed by atoms with E-state index in [1.165, 1.54) is 0 Å². The van der Waals surface area contributed by atoms with Gasteiger partial charge in [-0.3, -0.25) is 10.1 Å². The van der Waals surface area contributed by atoms with Gasteiger partial charge < -0.3 is 19.5 Å². The number of carbonyl (C=O) groups is 1. The van der Waals surface area contributed by atoms with Crippen molar-refractivity contribution in [2.24, 2.45) is 0 Å². The molecule has 0 aliphatic carbocycles. The van der Waals surface area contributed by atoms with E-state index in [2.05, 4.69) is 10.6 Å². The van der Waals surface area contributed by atoms with Crippen LogP contribution in [-0.4, -0.2) is 31.3 Å². The van der Waals surface area contributed by atoms with Crippen molar-refractivity contribution in [3.8, 4) is 17.2 Å². The van der Waals surface area contributed by atoms with Crippen LogP contribution in [-0.2, 0) is 4.74 Å². The summed E-state index contributed by atoms with van der Waals surface area (Å²) in [7, 11) is 1.59. The first kappa shape index (κ1) is 21.3. The predicted octanol–water partition coefficient (Wildman–Crippen LogP) is 4.63. The largest absolute Gasteiger partial charge is 0.490 e. The molecule has 0 aliphatic heterocycles. The minimum Gasteiger partial charge on any atom is -0.490 e. The number of methoxy groups -OCH3 is 1. The summed E-state index contributed by atoms with van der Waals surface area (Å²) in [4.78, 5) is 12.6.